The maximum atomic E-state index is 12.9. The lowest BCUT2D eigenvalue weighted by molar-refractivity contribution is -0.140. The lowest BCUT2D eigenvalue weighted by Gasteiger charge is -2.13. The number of nitrogens with one attached hydrogen (secondary N) is 3. The van der Waals surface area contributed by atoms with E-state index in [4.69, 9.17) is 4.74 Å². The summed E-state index contributed by atoms with van der Waals surface area (Å²) in [5.41, 5.74) is 0.187. The fourth-order valence-corrected chi connectivity index (χ4v) is 3.11. The first-order valence-electron chi connectivity index (χ1n) is 9.21. The predicted molar refractivity (Wildman–Crippen MR) is 113 cm³/mol. The van der Waals surface area contributed by atoms with Gasteiger partial charge in [0.2, 0.25) is 5.91 Å². The topological polar surface area (TPSA) is 96.1 Å². The van der Waals surface area contributed by atoms with Crippen molar-refractivity contribution in [2.45, 2.75) is 13.1 Å². The molecule has 11 heteroatoms. The van der Waals surface area contributed by atoms with Crippen molar-refractivity contribution in [2.75, 3.05) is 18.5 Å². The summed E-state index contributed by atoms with van der Waals surface area (Å²) in [5, 5.41) is 8.77. The van der Waals surface area contributed by atoms with Gasteiger partial charge in [-0.25, -0.2) is 4.98 Å². The Balaban J connectivity index is 1.83. The van der Waals surface area contributed by atoms with Crippen molar-refractivity contribution in [2.24, 2.45) is 0 Å². The lowest BCUT2D eigenvalue weighted by Crippen LogP contribution is -2.25. The minimum atomic E-state index is -4.56. The molecule has 0 radical (unpaired) electrons. The van der Waals surface area contributed by atoms with E-state index in [1.54, 1.807) is 11.4 Å². The molecule has 32 heavy (non-hydrogen) atoms. The number of anilines is 1. The summed E-state index contributed by atoms with van der Waals surface area (Å²) in [6.45, 7) is 1.71. The number of carbonyl (C=O) groups excluding carboxylic acids is 2. The third-order valence-corrected chi connectivity index (χ3v) is 4.64. The van der Waals surface area contributed by atoms with Gasteiger partial charge in [0.1, 0.15) is 23.9 Å². The second-order valence-electron chi connectivity index (χ2n) is 6.40. The fourth-order valence-electron chi connectivity index (χ4n) is 2.52. The SMILES string of the molecule is CC(=O)NCCOc1ccc(-c2ncc(C(F)(F)F)[nH]2)cc1NC(=O)C#Cc1ccsc1. The molecule has 7 nitrogen and oxygen atoms in total. The Labute approximate surface area is 185 Å². The Morgan fingerprint density at radius 2 is 2.09 bits per heavy atom. The minimum absolute atomic E-state index is 0.0259. The largest absolute Gasteiger partial charge is 0.490 e. The van der Waals surface area contributed by atoms with Crippen molar-refractivity contribution in [3.05, 3.63) is 52.5 Å². The summed E-state index contributed by atoms with van der Waals surface area (Å²) in [6.07, 6.45) is -3.87. The Kier molecular flexibility index (Phi) is 7.17. The Hall–Kier alpha value is -3.78. The van der Waals surface area contributed by atoms with Crippen LogP contribution in [0.5, 0.6) is 5.75 Å². The molecule has 0 aliphatic rings. The number of hydrogen-bond donors (Lipinski definition) is 3. The molecule has 0 atom stereocenters. The van der Waals surface area contributed by atoms with Gasteiger partial charge < -0.3 is 20.4 Å². The van der Waals surface area contributed by atoms with Crippen LogP contribution >= 0.6 is 11.3 Å². The smallest absolute Gasteiger partial charge is 0.432 e. The molecular formula is C21H17F3N4O3S. The Bertz CT molecular complexity index is 1160. The van der Waals surface area contributed by atoms with Crippen LogP contribution in [0.25, 0.3) is 11.4 Å². The summed E-state index contributed by atoms with van der Waals surface area (Å²) in [4.78, 5) is 29.3. The molecule has 2 aromatic heterocycles. The fraction of sp³-hybridized carbons (Fsp3) is 0.190. The standard InChI is InChI=1S/C21H17F3N4O3S/c1-13(29)25-7-8-31-17-4-3-15(20-26-11-18(28-20)21(22,23)24)10-16(17)27-19(30)5-2-14-6-9-32-12-14/h3-4,6,9-12H,7-8H2,1H3,(H,25,29)(H,26,28)(H,27,30). The van der Waals surface area contributed by atoms with Gasteiger partial charge in [-0.15, -0.1) is 0 Å². The van der Waals surface area contributed by atoms with Crippen LogP contribution in [0.1, 0.15) is 18.2 Å². The van der Waals surface area contributed by atoms with Gasteiger partial charge in [-0.2, -0.15) is 24.5 Å². The van der Waals surface area contributed by atoms with Gasteiger partial charge in [0.15, 0.2) is 0 Å². The van der Waals surface area contributed by atoms with Crippen LogP contribution in [0, 0.1) is 11.8 Å². The number of alkyl halides is 3. The summed E-state index contributed by atoms with van der Waals surface area (Å²) >= 11 is 1.44. The maximum absolute atomic E-state index is 12.9. The predicted octanol–water partition coefficient (Wildman–Crippen LogP) is 3.66. The Morgan fingerprint density at radius 3 is 2.75 bits per heavy atom. The second-order valence-corrected chi connectivity index (χ2v) is 7.18. The second kappa shape index (κ2) is 10.0. The average molecular weight is 462 g/mol. The van der Waals surface area contributed by atoms with E-state index >= 15 is 0 Å². The molecule has 166 valence electrons. The monoisotopic (exact) mass is 462 g/mol. The zero-order chi connectivity index (χ0) is 23.1. The molecular weight excluding hydrogens is 445 g/mol. The van der Waals surface area contributed by atoms with Crippen LogP contribution < -0.4 is 15.4 Å². The van der Waals surface area contributed by atoms with Crippen LogP contribution in [0.4, 0.5) is 18.9 Å². The molecule has 3 N–H and O–H groups in total. The summed E-state index contributed by atoms with van der Waals surface area (Å²) in [7, 11) is 0. The zero-order valence-corrected chi connectivity index (χ0v) is 17.5. The van der Waals surface area contributed by atoms with E-state index < -0.39 is 17.8 Å². The van der Waals surface area contributed by atoms with Gasteiger partial charge in [0.25, 0.3) is 0 Å². The van der Waals surface area contributed by atoms with Crippen LogP contribution in [-0.4, -0.2) is 34.9 Å². The van der Waals surface area contributed by atoms with Crippen molar-refractivity contribution in [3.63, 3.8) is 0 Å². The molecule has 0 spiro atoms. The number of carbonyl (C=O) groups is 2. The summed E-state index contributed by atoms with van der Waals surface area (Å²) < 4.78 is 44.2. The number of H-pyrrole nitrogens is 1. The molecule has 3 rings (SSSR count). The Morgan fingerprint density at radius 1 is 1.28 bits per heavy atom. The molecule has 0 saturated carbocycles. The molecule has 3 aromatic rings. The van der Waals surface area contributed by atoms with Crippen molar-refractivity contribution >= 4 is 28.8 Å². The number of hydrogen-bond acceptors (Lipinski definition) is 5. The average Bonchev–Trinajstić information content (AvgIpc) is 3.42. The third-order valence-electron chi connectivity index (χ3n) is 3.96. The highest BCUT2D eigenvalue weighted by molar-refractivity contribution is 7.08. The van der Waals surface area contributed by atoms with Crippen molar-refractivity contribution in [1.82, 2.24) is 15.3 Å². The van der Waals surface area contributed by atoms with Gasteiger partial charge in [0, 0.05) is 29.4 Å². The number of benzene rings is 1. The number of thiophene rings is 1. The van der Waals surface area contributed by atoms with Crippen molar-refractivity contribution < 1.29 is 27.5 Å². The molecule has 1 aromatic carbocycles. The van der Waals surface area contributed by atoms with Crippen molar-refractivity contribution in [1.29, 1.82) is 0 Å². The zero-order valence-electron chi connectivity index (χ0n) is 16.7. The van der Waals surface area contributed by atoms with Gasteiger partial charge in [0.05, 0.1) is 18.4 Å². The highest BCUT2D eigenvalue weighted by Crippen LogP contribution is 2.32. The minimum Gasteiger partial charge on any atom is -0.490 e. The van der Waals surface area contributed by atoms with Crippen LogP contribution in [0.3, 0.4) is 0 Å². The molecule has 0 bridgehead atoms. The van der Waals surface area contributed by atoms with E-state index in [1.165, 1.54) is 36.5 Å². The van der Waals surface area contributed by atoms with Gasteiger partial charge in [-0.05, 0) is 29.6 Å². The third kappa shape index (κ3) is 6.36. The maximum Gasteiger partial charge on any atom is 0.432 e. The van der Waals surface area contributed by atoms with E-state index in [9.17, 15) is 22.8 Å². The highest BCUT2D eigenvalue weighted by atomic mass is 32.1. The quantitative estimate of drug-likeness (QED) is 0.385. The van der Waals surface area contributed by atoms with E-state index in [0.717, 1.165) is 0 Å². The van der Waals surface area contributed by atoms with E-state index in [1.807, 2.05) is 5.38 Å². The molecule has 2 heterocycles. The normalized spacial score (nSPS) is 10.8. The number of aromatic amines is 1. The first-order chi connectivity index (χ1) is 15.2. The van der Waals surface area contributed by atoms with E-state index in [0.29, 0.717) is 17.3 Å². The molecule has 2 amide bonds. The number of nitrogens with zero attached hydrogens (tertiary/aromatic N) is 1. The summed E-state index contributed by atoms with van der Waals surface area (Å²) in [5.74, 6) is 4.54. The highest BCUT2D eigenvalue weighted by Gasteiger charge is 2.33. The van der Waals surface area contributed by atoms with E-state index in [2.05, 4.69) is 32.4 Å². The first-order valence-corrected chi connectivity index (χ1v) is 10.2. The van der Waals surface area contributed by atoms with Crippen molar-refractivity contribution in [3.8, 4) is 29.0 Å². The number of halogens is 3. The van der Waals surface area contributed by atoms with Crippen LogP contribution in [-0.2, 0) is 15.8 Å². The number of imidazole rings is 1. The van der Waals surface area contributed by atoms with Crippen LogP contribution in [0.2, 0.25) is 0 Å². The molecule has 0 saturated heterocycles. The van der Waals surface area contributed by atoms with Gasteiger partial charge >= 0.3 is 12.1 Å². The first kappa shape index (κ1) is 22.9. The number of rotatable bonds is 6. The molecule has 0 aliphatic heterocycles. The number of ether oxygens (including phenoxy) is 1. The number of amides is 2. The lowest BCUT2D eigenvalue weighted by atomic mass is 10.1. The van der Waals surface area contributed by atoms with Gasteiger partial charge in [-0.3, -0.25) is 9.59 Å². The molecule has 0 fully saturated rings. The molecule has 0 unspecified atom stereocenters. The van der Waals surface area contributed by atoms with Crippen LogP contribution in [0.15, 0.2) is 41.2 Å². The number of aromatic nitrogens is 2. The van der Waals surface area contributed by atoms with E-state index in [-0.39, 0.29) is 36.3 Å². The van der Waals surface area contributed by atoms with Gasteiger partial charge in [-0.1, -0.05) is 5.92 Å². The summed E-state index contributed by atoms with van der Waals surface area (Å²) in [6, 6.07) is 6.17. The molecule has 0 aliphatic carbocycles.